The summed E-state index contributed by atoms with van der Waals surface area (Å²) in [4.78, 5) is 12.7. The summed E-state index contributed by atoms with van der Waals surface area (Å²) in [5, 5.41) is 13.3. The molecule has 0 amide bonds. The second-order valence-electron chi connectivity index (χ2n) is 7.26. The van der Waals surface area contributed by atoms with Gasteiger partial charge in [-0.2, -0.15) is 13.2 Å². The number of carbonyl (C=O) groups is 1. The van der Waals surface area contributed by atoms with Gasteiger partial charge < -0.3 is 15.7 Å². The Morgan fingerprint density at radius 1 is 1.17 bits per heavy atom. The van der Waals surface area contributed by atoms with Crippen molar-refractivity contribution in [2.45, 2.75) is 46.3 Å². The molecule has 0 bridgehead atoms. The Bertz CT molecular complexity index is 778. The highest BCUT2D eigenvalue weighted by molar-refractivity contribution is 5.58. The quantitative estimate of drug-likeness (QED) is 0.531. The van der Waals surface area contributed by atoms with E-state index in [1.807, 2.05) is 6.07 Å². The molecule has 5 nitrogen and oxygen atoms in total. The van der Waals surface area contributed by atoms with E-state index in [1.54, 1.807) is 12.3 Å². The number of aromatic nitrogens is 1. The molecule has 0 spiro atoms. The van der Waals surface area contributed by atoms with E-state index in [-0.39, 0.29) is 12.4 Å². The Balaban J connectivity index is 0.00000132. The van der Waals surface area contributed by atoms with Crippen molar-refractivity contribution < 1.29 is 23.1 Å². The lowest BCUT2D eigenvalue weighted by atomic mass is 9.98. The topological polar surface area (TPSA) is 74.2 Å². The zero-order chi connectivity index (χ0) is 22.0. The molecule has 1 heterocycles. The number of nitrogens with one attached hydrogen (secondary N) is 2. The molecule has 0 unspecified atom stereocenters. The molecule has 0 aliphatic rings. The van der Waals surface area contributed by atoms with Crippen LogP contribution in [0.4, 0.5) is 24.7 Å². The third kappa shape index (κ3) is 8.51. The van der Waals surface area contributed by atoms with Gasteiger partial charge in [0, 0.05) is 18.4 Å². The summed E-state index contributed by atoms with van der Waals surface area (Å²) in [5.74, 6) is 1.39. The number of pyridine rings is 1. The number of hydrogen-bond donors (Lipinski definition) is 3. The summed E-state index contributed by atoms with van der Waals surface area (Å²) in [6, 6.07) is 7.05. The summed E-state index contributed by atoms with van der Waals surface area (Å²) in [5.41, 5.74) is 1.93. The summed E-state index contributed by atoms with van der Waals surface area (Å²) >= 11 is 0. The minimum absolute atomic E-state index is 0.250. The largest absolute Gasteiger partial charge is 0.483 e. The first-order valence-electron chi connectivity index (χ1n) is 9.30. The van der Waals surface area contributed by atoms with Crippen molar-refractivity contribution in [3.05, 3.63) is 53.2 Å². The monoisotopic (exact) mass is 411 g/mol. The van der Waals surface area contributed by atoms with Crippen LogP contribution >= 0.6 is 0 Å². The number of halogens is 3. The molecule has 0 fully saturated rings. The van der Waals surface area contributed by atoms with Gasteiger partial charge in [-0.3, -0.25) is 4.79 Å². The molecule has 0 aliphatic carbocycles. The van der Waals surface area contributed by atoms with Crippen LogP contribution in [0.15, 0.2) is 36.5 Å². The number of carboxylic acid groups (broad SMARTS) is 1. The molecule has 2 aromatic rings. The second-order valence-corrected chi connectivity index (χ2v) is 7.26. The molecule has 29 heavy (non-hydrogen) atoms. The molecule has 0 saturated carbocycles. The summed E-state index contributed by atoms with van der Waals surface area (Å²) in [6.45, 7) is 9.88. The van der Waals surface area contributed by atoms with Crippen LogP contribution < -0.4 is 10.6 Å². The number of hydrogen-bond acceptors (Lipinski definition) is 4. The fourth-order valence-corrected chi connectivity index (χ4v) is 2.67. The van der Waals surface area contributed by atoms with E-state index in [0.29, 0.717) is 17.4 Å². The van der Waals surface area contributed by atoms with E-state index < -0.39 is 11.7 Å². The maximum atomic E-state index is 12.9. The van der Waals surface area contributed by atoms with E-state index in [9.17, 15) is 13.2 Å². The van der Waals surface area contributed by atoms with Crippen LogP contribution in [0.2, 0.25) is 0 Å². The van der Waals surface area contributed by atoms with Gasteiger partial charge in [-0.15, -0.1) is 0 Å². The van der Waals surface area contributed by atoms with Crippen LogP contribution in [0.1, 0.15) is 50.3 Å². The van der Waals surface area contributed by atoms with Crippen molar-refractivity contribution >= 4 is 18.0 Å². The van der Waals surface area contributed by atoms with Crippen LogP contribution in [0, 0.1) is 5.92 Å². The number of nitrogens with zero attached hydrogens (tertiary/aromatic N) is 1. The fraction of sp³-hybridized carbons (Fsp3) is 0.429. The van der Waals surface area contributed by atoms with Gasteiger partial charge in [0.05, 0.1) is 5.56 Å². The van der Waals surface area contributed by atoms with Crippen LogP contribution in [-0.4, -0.2) is 23.1 Å². The van der Waals surface area contributed by atoms with Gasteiger partial charge in [-0.25, -0.2) is 4.98 Å². The maximum absolute atomic E-state index is 12.9. The van der Waals surface area contributed by atoms with Gasteiger partial charge >= 0.3 is 6.18 Å². The summed E-state index contributed by atoms with van der Waals surface area (Å²) in [6.07, 6.45) is -2.57. The molecule has 8 heteroatoms. The van der Waals surface area contributed by atoms with Crippen LogP contribution in [0.25, 0.3) is 0 Å². The number of anilines is 2. The Morgan fingerprint density at radius 3 is 2.38 bits per heavy atom. The highest BCUT2D eigenvalue weighted by Crippen LogP contribution is 2.31. The highest BCUT2D eigenvalue weighted by Gasteiger charge is 2.30. The van der Waals surface area contributed by atoms with Gasteiger partial charge in [-0.1, -0.05) is 33.8 Å². The third-order valence-electron chi connectivity index (χ3n) is 3.97. The minimum atomic E-state index is -4.36. The smallest absolute Gasteiger partial charge is 0.416 e. The Morgan fingerprint density at radius 2 is 1.83 bits per heavy atom. The molecular weight excluding hydrogens is 383 g/mol. The predicted molar refractivity (Wildman–Crippen MR) is 108 cm³/mol. The lowest BCUT2D eigenvalue weighted by Crippen LogP contribution is -2.20. The van der Waals surface area contributed by atoms with Crippen molar-refractivity contribution in [2.75, 3.05) is 11.9 Å². The number of alkyl halides is 3. The molecule has 0 radical (unpaired) electrons. The normalized spacial score (nSPS) is 11.2. The molecule has 160 valence electrons. The Kier molecular flexibility index (Phi) is 9.61. The standard InChI is InChI=1S/C20H26F3N3.CH2O2/c1-13(2)10-24-11-15-12-25-19(9-18(15)14(3)4)26-17-7-5-6-16(8-17)20(21,22)23;2-1-3/h5-9,12-14,24H,10-11H2,1-4H3,(H,25,26);1H,(H,2,3). The van der Waals surface area contributed by atoms with Crippen LogP contribution in [-0.2, 0) is 17.5 Å². The molecule has 2 rings (SSSR count). The van der Waals surface area contributed by atoms with Gasteiger partial charge in [0.2, 0.25) is 0 Å². The van der Waals surface area contributed by atoms with Crippen molar-refractivity contribution in [3.8, 4) is 0 Å². The molecule has 0 atom stereocenters. The van der Waals surface area contributed by atoms with E-state index >= 15 is 0 Å². The summed E-state index contributed by atoms with van der Waals surface area (Å²) in [7, 11) is 0. The van der Waals surface area contributed by atoms with Crippen LogP contribution in [0.3, 0.4) is 0 Å². The van der Waals surface area contributed by atoms with Gasteiger partial charge in [0.15, 0.2) is 0 Å². The first-order chi connectivity index (χ1) is 13.6. The average molecular weight is 411 g/mol. The highest BCUT2D eigenvalue weighted by atomic mass is 19.4. The van der Waals surface area contributed by atoms with E-state index in [4.69, 9.17) is 9.90 Å². The fourth-order valence-electron chi connectivity index (χ4n) is 2.67. The van der Waals surface area contributed by atoms with Crippen LogP contribution in [0.5, 0.6) is 0 Å². The van der Waals surface area contributed by atoms with Crippen molar-refractivity contribution in [1.82, 2.24) is 10.3 Å². The second kappa shape index (κ2) is 11.4. The maximum Gasteiger partial charge on any atom is 0.416 e. The molecular formula is C21H28F3N3O2. The zero-order valence-corrected chi connectivity index (χ0v) is 17.0. The molecule has 1 aromatic heterocycles. The van der Waals surface area contributed by atoms with Gasteiger partial charge in [0.1, 0.15) is 5.82 Å². The van der Waals surface area contributed by atoms with E-state index in [1.165, 1.54) is 6.07 Å². The van der Waals surface area contributed by atoms with Gasteiger partial charge in [-0.05, 0) is 53.8 Å². The molecule has 3 N–H and O–H groups in total. The van der Waals surface area contributed by atoms with Gasteiger partial charge in [0.25, 0.3) is 6.47 Å². The predicted octanol–water partition coefficient (Wildman–Crippen LogP) is 5.41. The van der Waals surface area contributed by atoms with E-state index in [0.717, 1.165) is 36.3 Å². The average Bonchev–Trinajstić information content (AvgIpc) is 2.62. The number of rotatable bonds is 7. The van der Waals surface area contributed by atoms with E-state index in [2.05, 4.69) is 43.3 Å². The third-order valence-corrected chi connectivity index (χ3v) is 3.97. The molecule has 0 saturated heterocycles. The minimum Gasteiger partial charge on any atom is -0.483 e. The summed E-state index contributed by atoms with van der Waals surface area (Å²) < 4.78 is 38.6. The molecule has 0 aliphatic heterocycles. The molecule has 1 aromatic carbocycles. The van der Waals surface area contributed by atoms with Crippen molar-refractivity contribution in [1.29, 1.82) is 0 Å². The first kappa shape index (κ1) is 24.4. The lowest BCUT2D eigenvalue weighted by Gasteiger charge is -2.16. The Hall–Kier alpha value is -2.61. The SMILES string of the molecule is CC(C)CNCc1cnc(Nc2cccc(C(F)(F)F)c2)cc1C(C)C.O=CO. The van der Waals surface area contributed by atoms with Crippen molar-refractivity contribution in [3.63, 3.8) is 0 Å². The number of benzene rings is 1. The first-order valence-corrected chi connectivity index (χ1v) is 9.30. The van der Waals surface area contributed by atoms with Crippen molar-refractivity contribution in [2.24, 2.45) is 5.92 Å². The zero-order valence-electron chi connectivity index (χ0n) is 17.0. The Labute approximate surface area is 169 Å². The lowest BCUT2D eigenvalue weighted by molar-refractivity contribution is -0.137.